The van der Waals surface area contributed by atoms with Gasteiger partial charge in [0.1, 0.15) is 0 Å². The van der Waals surface area contributed by atoms with Crippen LogP contribution in [0.5, 0.6) is 0 Å². The summed E-state index contributed by atoms with van der Waals surface area (Å²) in [4.78, 5) is 0. The summed E-state index contributed by atoms with van der Waals surface area (Å²) >= 11 is 0. The van der Waals surface area contributed by atoms with Crippen LogP contribution in [0.4, 0.5) is 0 Å². The van der Waals surface area contributed by atoms with Crippen molar-refractivity contribution in [1.29, 1.82) is 0 Å². The van der Waals surface area contributed by atoms with Crippen LogP contribution in [0.1, 0.15) is 25.7 Å². The quantitative estimate of drug-likeness (QED) is 0.570. The summed E-state index contributed by atoms with van der Waals surface area (Å²) in [6, 6.07) is -0.251. The van der Waals surface area contributed by atoms with Gasteiger partial charge in [-0.25, -0.2) is 13.6 Å². The Morgan fingerprint density at radius 2 is 1.73 bits per heavy atom. The molecule has 1 aliphatic carbocycles. The van der Waals surface area contributed by atoms with Crippen LogP contribution in [0, 0.1) is 0 Å². The molecule has 2 atom stereocenters. The van der Waals surface area contributed by atoms with E-state index in [2.05, 4.69) is 0 Å². The van der Waals surface area contributed by atoms with Crippen molar-refractivity contribution in [3.63, 3.8) is 0 Å². The van der Waals surface area contributed by atoms with E-state index >= 15 is 0 Å². The van der Waals surface area contributed by atoms with E-state index in [1.807, 2.05) is 0 Å². The molecule has 0 aromatic carbocycles. The minimum Gasteiger partial charge on any atom is -0.326 e. The zero-order valence-electron chi connectivity index (χ0n) is 6.36. The van der Waals surface area contributed by atoms with Crippen LogP contribution in [0.2, 0.25) is 0 Å². The molecule has 1 rings (SSSR count). The summed E-state index contributed by atoms with van der Waals surface area (Å²) in [7, 11) is -3.40. The van der Waals surface area contributed by atoms with Gasteiger partial charge < -0.3 is 5.73 Å². The minimum atomic E-state index is -3.40. The van der Waals surface area contributed by atoms with Gasteiger partial charge in [0.15, 0.2) is 0 Å². The lowest BCUT2D eigenvalue weighted by molar-refractivity contribution is 0.432. The lowest BCUT2D eigenvalue weighted by Crippen LogP contribution is -2.45. The molecular weight excluding hydrogens is 164 g/mol. The predicted molar refractivity (Wildman–Crippen MR) is 43.3 cm³/mol. The van der Waals surface area contributed by atoms with Crippen molar-refractivity contribution in [2.75, 3.05) is 0 Å². The fourth-order valence-electron chi connectivity index (χ4n) is 1.53. The van der Waals surface area contributed by atoms with E-state index < -0.39 is 15.3 Å². The molecule has 0 radical (unpaired) electrons. The van der Waals surface area contributed by atoms with Gasteiger partial charge in [-0.15, -0.1) is 0 Å². The van der Waals surface area contributed by atoms with Crippen molar-refractivity contribution in [3.05, 3.63) is 0 Å². The molecule has 0 aromatic heterocycles. The van der Waals surface area contributed by atoms with Gasteiger partial charge in [0.05, 0.1) is 5.25 Å². The topological polar surface area (TPSA) is 86.2 Å². The third kappa shape index (κ3) is 2.15. The second kappa shape index (κ2) is 3.08. The summed E-state index contributed by atoms with van der Waals surface area (Å²) in [5.41, 5.74) is 5.61. The first-order valence-corrected chi connectivity index (χ1v) is 5.40. The summed E-state index contributed by atoms with van der Waals surface area (Å²) < 4.78 is 21.8. The summed E-state index contributed by atoms with van der Waals surface area (Å²) in [5.74, 6) is 0. The molecular formula is C6H14N2O2S. The largest absolute Gasteiger partial charge is 0.326 e. The number of hydrogen-bond donors (Lipinski definition) is 2. The Morgan fingerprint density at radius 1 is 1.18 bits per heavy atom. The first-order chi connectivity index (χ1) is 5.02. The molecule has 0 aromatic rings. The molecule has 0 heterocycles. The lowest BCUT2D eigenvalue weighted by atomic mass is 9.96. The summed E-state index contributed by atoms with van der Waals surface area (Å²) in [6.07, 6.45) is 3.35. The molecule has 1 saturated carbocycles. The van der Waals surface area contributed by atoms with Gasteiger partial charge >= 0.3 is 0 Å². The first kappa shape index (κ1) is 8.96. The molecule has 0 saturated heterocycles. The fraction of sp³-hybridized carbons (Fsp3) is 1.00. The average molecular weight is 178 g/mol. The maximum Gasteiger partial charge on any atom is 0.213 e. The van der Waals surface area contributed by atoms with Gasteiger partial charge in [-0.2, -0.15) is 0 Å². The maximum absolute atomic E-state index is 10.9. The van der Waals surface area contributed by atoms with Crippen LogP contribution in [-0.2, 0) is 10.0 Å². The SMILES string of the molecule is N[C@@H]1CCCC[C@H]1S(N)(=O)=O. The van der Waals surface area contributed by atoms with Crippen LogP contribution >= 0.6 is 0 Å². The predicted octanol–water partition coefficient (Wildman–Crippen LogP) is -0.455. The van der Waals surface area contributed by atoms with Crippen LogP contribution in [0.25, 0.3) is 0 Å². The van der Waals surface area contributed by atoms with Crippen molar-refractivity contribution in [2.45, 2.75) is 37.0 Å². The Bertz CT molecular complexity index is 225. The van der Waals surface area contributed by atoms with Crippen LogP contribution < -0.4 is 10.9 Å². The van der Waals surface area contributed by atoms with Gasteiger partial charge in [0.2, 0.25) is 10.0 Å². The lowest BCUT2D eigenvalue weighted by Gasteiger charge is -2.26. The van der Waals surface area contributed by atoms with Gasteiger partial charge in [-0.05, 0) is 12.8 Å². The molecule has 11 heavy (non-hydrogen) atoms. The normalized spacial score (nSPS) is 33.6. The monoisotopic (exact) mass is 178 g/mol. The highest BCUT2D eigenvalue weighted by atomic mass is 32.2. The highest BCUT2D eigenvalue weighted by Crippen LogP contribution is 2.21. The summed E-state index contributed by atoms with van der Waals surface area (Å²) in [5, 5.41) is 4.49. The fourth-order valence-corrected chi connectivity index (χ4v) is 2.65. The second-order valence-electron chi connectivity index (χ2n) is 3.08. The highest BCUT2D eigenvalue weighted by molar-refractivity contribution is 7.89. The smallest absolute Gasteiger partial charge is 0.213 e. The Hall–Kier alpha value is -0.130. The van der Waals surface area contributed by atoms with Crippen molar-refractivity contribution >= 4 is 10.0 Å². The van der Waals surface area contributed by atoms with Crippen molar-refractivity contribution in [1.82, 2.24) is 0 Å². The Kier molecular flexibility index (Phi) is 2.51. The van der Waals surface area contributed by atoms with Crippen molar-refractivity contribution in [2.24, 2.45) is 10.9 Å². The summed E-state index contributed by atoms with van der Waals surface area (Å²) in [6.45, 7) is 0. The second-order valence-corrected chi connectivity index (χ2v) is 4.86. The first-order valence-electron chi connectivity index (χ1n) is 3.79. The molecule has 4 N–H and O–H groups in total. The number of nitrogens with two attached hydrogens (primary N) is 2. The number of rotatable bonds is 1. The minimum absolute atomic E-state index is 0.251. The molecule has 5 heteroatoms. The molecule has 4 nitrogen and oxygen atoms in total. The Labute approximate surface area is 67.0 Å². The molecule has 0 amide bonds. The molecule has 0 aliphatic heterocycles. The van der Waals surface area contributed by atoms with Gasteiger partial charge in [-0.1, -0.05) is 12.8 Å². The van der Waals surface area contributed by atoms with E-state index in [4.69, 9.17) is 10.9 Å². The average Bonchev–Trinajstić information content (AvgIpc) is 1.86. The van der Waals surface area contributed by atoms with Gasteiger partial charge in [-0.3, -0.25) is 0 Å². The zero-order chi connectivity index (χ0) is 8.48. The van der Waals surface area contributed by atoms with Gasteiger partial charge in [0.25, 0.3) is 0 Å². The molecule has 1 aliphatic rings. The number of primary sulfonamides is 1. The van der Waals surface area contributed by atoms with Crippen molar-refractivity contribution in [3.8, 4) is 0 Å². The Balaban J connectivity index is 2.70. The van der Waals surface area contributed by atoms with Gasteiger partial charge in [0, 0.05) is 6.04 Å². The molecule has 0 spiro atoms. The molecule has 0 unspecified atom stereocenters. The molecule has 1 fully saturated rings. The van der Waals surface area contributed by atoms with Crippen LogP contribution in [0.3, 0.4) is 0 Å². The molecule has 66 valence electrons. The Morgan fingerprint density at radius 3 is 2.09 bits per heavy atom. The van der Waals surface area contributed by atoms with E-state index in [-0.39, 0.29) is 6.04 Å². The zero-order valence-corrected chi connectivity index (χ0v) is 7.18. The number of hydrogen-bond acceptors (Lipinski definition) is 3. The van der Waals surface area contributed by atoms with Crippen molar-refractivity contribution < 1.29 is 8.42 Å². The number of sulfonamides is 1. The van der Waals surface area contributed by atoms with E-state index in [1.54, 1.807) is 0 Å². The van der Waals surface area contributed by atoms with Crippen LogP contribution in [0.15, 0.2) is 0 Å². The highest BCUT2D eigenvalue weighted by Gasteiger charge is 2.30. The van der Waals surface area contributed by atoms with Crippen LogP contribution in [-0.4, -0.2) is 19.7 Å². The van der Waals surface area contributed by atoms with E-state index in [1.165, 1.54) is 0 Å². The third-order valence-corrected chi connectivity index (χ3v) is 3.60. The van der Waals surface area contributed by atoms with E-state index in [9.17, 15) is 8.42 Å². The standard InChI is InChI=1S/C6H14N2O2S/c7-5-3-1-2-4-6(5)11(8,9)10/h5-6H,1-4,7H2,(H2,8,9,10)/t5-,6-/m1/s1. The molecule has 0 bridgehead atoms. The maximum atomic E-state index is 10.9. The van der Waals surface area contributed by atoms with E-state index in [0.717, 1.165) is 19.3 Å². The third-order valence-electron chi connectivity index (χ3n) is 2.18. The van der Waals surface area contributed by atoms with E-state index in [0.29, 0.717) is 6.42 Å².